The normalized spacial score (nSPS) is 11.5. The van der Waals surface area contributed by atoms with Crippen LogP contribution in [-0.2, 0) is 0 Å². The first-order valence-electron chi connectivity index (χ1n) is 3.50. The van der Waals surface area contributed by atoms with Crippen molar-refractivity contribution in [2.45, 2.75) is 6.18 Å². The maximum absolute atomic E-state index is 11.8. The highest BCUT2D eigenvalue weighted by Gasteiger charge is 2.27. The van der Waals surface area contributed by atoms with Gasteiger partial charge in [-0.25, -0.2) is 4.98 Å². The molecule has 78 valence electrons. The van der Waals surface area contributed by atoms with Crippen molar-refractivity contribution in [1.82, 2.24) is 4.98 Å². The molecule has 1 heterocycles. The maximum Gasteiger partial charge on any atom is 0.405 e. The van der Waals surface area contributed by atoms with E-state index in [0.29, 0.717) is 4.47 Å². The molecule has 7 heteroatoms. The summed E-state index contributed by atoms with van der Waals surface area (Å²) in [6.45, 7) is -1.15. The van der Waals surface area contributed by atoms with E-state index in [1.54, 1.807) is 0 Å². The van der Waals surface area contributed by atoms with Gasteiger partial charge < -0.3 is 5.32 Å². The summed E-state index contributed by atoms with van der Waals surface area (Å²) in [5.41, 5.74) is 0. The molecule has 0 saturated carbocycles. The van der Waals surface area contributed by atoms with E-state index in [0.717, 1.165) is 0 Å². The fourth-order valence-electron chi connectivity index (χ4n) is 0.729. The summed E-state index contributed by atoms with van der Waals surface area (Å²) < 4.78 is 36.0. The molecule has 0 bridgehead atoms. The zero-order chi connectivity index (χ0) is 10.8. The number of hydrogen-bond acceptors (Lipinski definition) is 2. The van der Waals surface area contributed by atoms with Gasteiger partial charge in [0.2, 0.25) is 0 Å². The quantitative estimate of drug-likeness (QED) is 0.902. The lowest BCUT2D eigenvalue weighted by atomic mass is 10.4. The number of aromatic nitrogens is 1. The van der Waals surface area contributed by atoms with E-state index in [2.05, 4.69) is 26.2 Å². The van der Waals surface area contributed by atoms with E-state index in [1.807, 2.05) is 0 Å². The topological polar surface area (TPSA) is 24.9 Å². The van der Waals surface area contributed by atoms with Gasteiger partial charge in [-0.3, -0.25) is 0 Å². The monoisotopic (exact) mass is 288 g/mol. The number of pyridine rings is 1. The van der Waals surface area contributed by atoms with Crippen LogP contribution in [-0.4, -0.2) is 17.7 Å². The van der Waals surface area contributed by atoms with Crippen molar-refractivity contribution in [3.8, 4) is 0 Å². The van der Waals surface area contributed by atoms with Crippen molar-refractivity contribution in [1.29, 1.82) is 0 Å². The molecule has 0 aromatic carbocycles. The zero-order valence-corrected chi connectivity index (χ0v) is 9.04. The van der Waals surface area contributed by atoms with Crippen LogP contribution in [0.15, 0.2) is 16.7 Å². The third-order valence-corrected chi connectivity index (χ3v) is 1.99. The third-order valence-electron chi connectivity index (χ3n) is 1.26. The Morgan fingerprint density at radius 3 is 2.64 bits per heavy atom. The second-order valence-corrected chi connectivity index (χ2v) is 3.78. The largest absolute Gasteiger partial charge is 0.405 e. The first-order chi connectivity index (χ1) is 6.38. The van der Waals surface area contributed by atoms with Crippen LogP contribution in [0.1, 0.15) is 0 Å². The Morgan fingerprint density at radius 2 is 2.14 bits per heavy atom. The van der Waals surface area contributed by atoms with Crippen LogP contribution in [0, 0.1) is 0 Å². The van der Waals surface area contributed by atoms with Crippen LogP contribution in [0.2, 0.25) is 5.02 Å². The molecule has 1 aromatic heterocycles. The van der Waals surface area contributed by atoms with Gasteiger partial charge in [-0.15, -0.1) is 0 Å². The SMILES string of the molecule is FC(F)(F)CNc1ncc(Br)cc1Cl. The predicted octanol–water partition coefficient (Wildman–Crippen LogP) is 3.47. The summed E-state index contributed by atoms with van der Waals surface area (Å²) in [6.07, 6.45) is -2.91. The molecule has 0 aliphatic rings. The van der Waals surface area contributed by atoms with Crippen molar-refractivity contribution in [2.24, 2.45) is 0 Å². The summed E-state index contributed by atoms with van der Waals surface area (Å²) in [5, 5.41) is 2.23. The Bertz CT molecular complexity index is 329. The molecule has 1 aromatic rings. The molecule has 1 N–H and O–H groups in total. The molecule has 0 spiro atoms. The van der Waals surface area contributed by atoms with E-state index in [1.165, 1.54) is 12.3 Å². The van der Waals surface area contributed by atoms with Gasteiger partial charge in [0.15, 0.2) is 0 Å². The molecular weight excluding hydrogens is 284 g/mol. The van der Waals surface area contributed by atoms with E-state index < -0.39 is 12.7 Å². The van der Waals surface area contributed by atoms with Crippen molar-refractivity contribution >= 4 is 33.3 Å². The number of alkyl halides is 3. The number of nitrogens with zero attached hydrogens (tertiary/aromatic N) is 1. The second kappa shape index (κ2) is 4.35. The number of halogens is 5. The molecule has 1 rings (SSSR count). The van der Waals surface area contributed by atoms with Gasteiger partial charge in [-0.1, -0.05) is 11.6 Å². The Kier molecular flexibility index (Phi) is 3.60. The molecular formula is C7H5BrClF3N2. The molecule has 0 atom stereocenters. The summed E-state index contributed by atoms with van der Waals surface area (Å²) in [4.78, 5) is 3.69. The van der Waals surface area contributed by atoms with Crippen LogP contribution in [0.5, 0.6) is 0 Å². The van der Waals surface area contributed by atoms with Crippen molar-refractivity contribution in [3.63, 3.8) is 0 Å². The molecule has 0 fully saturated rings. The van der Waals surface area contributed by atoms with Gasteiger partial charge in [0.05, 0.1) is 5.02 Å². The fraction of sp³-hybridized carbons (Fsp3) is 0.286. The van der Waals surface area contributed by atoms with Gasteiger partial charge in [0.1, 0.15) is 12.4 Å². The standard InChI is InChI=1S/C7H5BrClF3N2/c8-4-1-5(9)6(13-2-4)14-3-7(10,11)12/h1-2H,3H2,(H,13,14). The first kappa shape index (κ1) is 11.6. The lowest BCUT2D eigenvalue weighted by molar-refractivity contribution is -0.115. The highest BCUT2D eigenvalue weighted by atomic mass is 79.9. The minimum Gasteiger partial charge on any atom is -0.360 e. The van der Waals surface area contributed by atoms with Gasteiger partial charge in [-0.2, -0.15) is 13.2 Å². The van der Waals surface area contributed by atoms with E-state index >= 15 is 0 Å². The van der Waals surface area contributed by atoms with Gasteiger partial charge in [-0.05, 0) is 22.0 Å². The molecule has 0 saturated heterocycles. The molecule has 14 heavy (non-hydrogen) atoms. The highest BCUT2D eigenvalue weighted by molar-refractivity contribution is 9.10. The van der Waals surface area contributed by atoms with Crippen molar-refractivity contribution in [2.75, 3.05) is 11.9 Å². The van der Waals surface area contributed by atoms with E-state index in [-0.39, 0.29) is 10.8 Å². The minimum absolute atomic E-state index is 0.0205. The Balaban J connectivity index is 2.68. The molecule has 2 nitrogen and oxygen atoms in total. The molecule has 0 amide bonds. The summed E-state index contributed by atoms with van der Waals surface area (Å²) in [7, 11) is 0. The molecule has 0 aliphatic carbocycles. The smallest absolute Gasteiger partial charge is 0.360 e. The summed E-state index contributed by atoms with van der Waals surface area (Å²) in [6, 6.07) is 1.47. The third kappa shape index (κ3) is 3.71. The van der Waals surface area contributed by atoms with Gasteiger partial charge >= 0.3 is 6.18 Å². The zero-order valence-electron chi connectivity index (χ0n) is 6.70. The average molecular weight is 289 g/mol. The lowest BCUT2D eigenvalue weighted by Gasteiger charge is -2.09. The summed E-state index contributed by atoms with van der Waals surface area (Å²) >= 11 is 8.73. The second-order valence-electron chi connectivity index (χ2n) is 2.45. The number of nitrogens with one attached hydrogen (secondary N) is 1. The van der Waals surface area contributed by atoms with E-state index in [4.69, 9.17) is 11.6 Å². The number of hydrogen-bond donors (Lipinski definition) is 1. The summed E-state index contributed by atoms with van der Waals surface area (Å²) in [5.74, 6) is 0.0205. The highest BCUT2D eigenvalue weighted by Crippen LogP contribution is 2.24. The fourth-order valence-corrected chi connectivity index (χ4v) is 1.42. The van der Waals surface area contributed by atoms with Crippen LogP contribution < -0.4 is 5.32 Å². The van der Waals surface area contributed by atoms with Gasteiger partial charge in [0, 0.05) is 10.7 Å². The van der Waals surface area contributed by atoms with Crippen LogP contribution in [0.3, 0.4) is 0 Å². The Morgan fingerprint density at radius 1 is 1.50 bits per heavy atom. The van der Waals surface area contributed by atoms with Crippen molar-refractivity contribution < 1.29 is 13.2 Å². The molecule has 0 unspecified atom stereocenters. The average Bonchev–Trinajstić information content (AvgIpc) is 2.00. The number of anilines is 1. The van der Waals surface area contributed by atoms with Crippen LogP contribution >= 0.6 is 27.5 Å². The van der Waals surface area contributed by atoms with Crippen LogP contribution in [0.4, 0.5) is 19.0 Å². The number of rotatable bonds is 2. The Hall–Kier alpha value is -0.490. The van der Waals surface area contributed by atoms with Gasteiger partial charge in [0.25, 0.3) is 0 Å². The molecule has 0 radical (unpaired) electrons. The molecule has 0 aliphatic heterocycles. The van der Waals surface area contributed by atoms with E-state index in [9.17, 15) is 13.2 Å². The van der Waals surface area contributed by atoms with Crippen LogP contribution in [0.25, 0.3) is 0 Å². The Labute approximate surface area is 91.6 Å². The first-order valence-corrected chi connectivity index (χ1v) is 4.67. The maximum atomic E-state index is 11.8. The van der Waals surface area contributed by atoms with Crippen molar-refractivity contribution in [3.05, 3.63) is 21.8 Å². The minimum atomic E-state index is -4.28. The predicted molar refractivity (Wildman–Crippen MR) is 51.5 cm³/mol. The lowest BCUT2D eigenvalue weighted by Crippen LogP contribution is -2.21.